The van der Waals surface area contributed by atoms with Crippen LogP contribution in [-0.4, -0.2) is 21.7 Å². The minimum Gasteiger partial charge on any atom is -0.294 e. The van der Waals surface area contributed by atoms with E-state index in [2.05, 4.69) is 53.4 Å². The van der Waals surface area contributed by atoms with Crippen molar-refractivity contribution in [1.29, 1.82) is 0 Å². The summed E-state index contributed by atoms with van der Waals surface area (Å²) in [5.74, 6) is 0.743. The highest BCUT2D eigenvalue weighted by molar-refractivity contribution is 5.99. The predicted octanol–water partition coefficient (Wildman–Crippen LogP) is 4.50. The smallest absolute Gasteiger partial charge is 0.229 e. The zero-order chi connectivity index (χ0) is 19.6. The van der Waals surface area contributed by atoms with E-state index in [9.17, 15) is 9.59 Å². The quantitative estimate of drug-likeness (QED) is 0.847. The van der Waals surface area contributed by atoms with E-state index in [-0.39, 0.29) is 29.5 Å². The topological polar surface area (TPSA) is 72.0 Å². The molecule has 0 bridgehead atoms. The Morgan fingerprint density at radius 2 is 1.89 bits per heavy atom. The summed E-state index contributed by atoms with van der Waals surface area (Å²) in [5, 5.41) is 2.76. The molecule has 142 valence electrons. The first-order chi connectivity index (χ1) is 12.9. The molecule has 5 nitrogen and oxygen atoms in total. The number of nitrogens with one attached hydrogen (secondary N) is 1. The highest BCUT2D eigenvalue weighted by Gasteiger charge is 2.28. The van der Waals surface area contributed by atoms with Crippen LogP contribution in [0.5, 0.6) is 0 Å². The standard InChI is InChI=1S/C22H27N3O2/c1-5-14(4)21(27)25-22-23-12-18-19(24-22)10-17(11-20(18)26)16-8-6-15(7-9-16)13(2)3/h6-9,12-14,17H,5,10-11H2,1-4H3,(H,23,24,25,27)/t14-,17-/m0/s1. The van der Waals surface area contributed by atoms with Crippen LogP contribution >= 0.6 is 0 Å². The number of fused-ring (bicyclic) bond motifs is 1. The number of Topliss-reactive ketones (excluding diaryl/α,β-unsaturated/α-hetero) is 1. The van der Waals surface area contributed by atoms with Crippen molar-refractivity contribution in [3.05, 3.63) is 52.8 Å². The summed E-state index contributed by atoms with van der Waals surface area (Å²) < 4.78 is 0. The molecule has 1 aliphatic carbocycles. The average molecular weight is 365 g/mol. The molecule has 1 heterocycles. The van der Waals surface area contributed by atoms with E-state index in [1.165, 1.54) is 5.56 Å². The Bertz CT molecular complexity index is 843. The Kier molecular flexibility index (Phi) is 5.68. The molecule has 5 heteroatoms. The van der Waals surface area contributed by atoms with E-state index in [4.69, 9.17) is 0 Å². The molecule has 2 atom stereocenters. The van der Waals surface area contributed by atoms with Crippen LogP contribution in [-0.2, 0) is 11.2 Å². The Morgan fingerprint density at radius 1 is 1.19 bits per heavy atom. The van der Waals surface area contributed by atoms with Gasteiger partial charge in [0.25, 0.3) is 0 Å². The first-order valence-corrected chi connectivity index (χ1v) is 9.68. The van der Waals surface area contributed by atoms with Crippen molar-refractivity contribution >= 4 is 17.6 Å². The number of rotatable bonds is 5. The lowest BCUT2D eigenvalue weighted by Crippen LogP contribution is -2.24. The van der Waals surface area contributed by atoms with E-state index in [1.54, 1.807) is 6.20 Å². The van der Waals surface area contributed by atoms with E-state index >= 15 is 0 Å². The molecule has 27 heavy (non-hydrogen) atoms. The van der Waals surface area contributed by atoms with Crippen LogP contribution in [0.15, 0.2) is 30.5 Å². The molecule has 1 N–H and O–H groups in total. The van der Waals surface area contributed by atoms with Gasteiger partial charge in [0.05, 0.1) is 11.3 Å². The maximum atomic E-state index is 12.6. The first kappa shape index (κ1) is 19.2. The molecule has 0 saturated heterocycles. The predicted molar refractivity (Wildman–Crippen MR) is 106 cm³/mol. The second-order valence-electron chi connectivity index (χ2n) is 7.70. The monoisotopic (exact) mass is 365 g/mol. The van der Waals surface area contributed by atoms with Gasteiger partial charge in [-0.15, -0.1) is 0 Å². The van der Waals surface area contributed by atoms with Crippen molar-refractivity contribution in [2.45, 2.75) is 58.8 Å². The van der Waals surface area contributed by atoms with Gasteiger partial charge in [0.2, 0.25) is 11.9 Å². The number of hydrogen-bond acceptors (Lipinski definition) is 4. The molecule has 3 rings (SSSR count). The summed E-state index contributed by atoms with van der Waals surface area (Å²) in [7, 11) is 0. The molecular formula is C22H27N3O2. The second-order valence-corrected chi connectivity index (χ2v) is 7.70. The normalized spacial score (nSPS) is 17.5. The lowest BCUT2D eigenvalue weighted by atomic mass is 9.81. The minimum absolute atomic E-state index is 0.0639. The van der Waals surface area contributed by atoms with Crippen molar-refractivity contribution in [3.63, 3.8) is 0 Å². The van der Waals surface area contributed by atoms with Gasteiger partial charge in [0.1, 0.15) is 0 Å². The van der Waals surface area contributed by atoms with E-state index in [0.717, 1.165) is 17.7 Å². The second kappa shape index (κ2) is 7.99. The van der Waals surface area contributed by atoms with Crippen LogP contribution in [0, 0.1) is 5.92 Å². The third-order valence-corrected chi connectivity index (χ3v) is 5.41. The third-order valence-electron chi connectivity index (χ3n) is 5.41. The summed E-state index contributed by atoms with van der Waals surface area (Å²) in [6.07, 6.45) is 3.45. The van der Waals surface area contributed by atoms with Gasteiger partial charge >= 0.3 is 0 Å². The lowest BCUT2D eigenvalue weighted by molar-refractivity contribution is -0.119. The molecule has 2 aromatic rings. The zero-order valence-electron chi connectivity index (χ0n) is 16.5. The Labute approximate surface area is 160 Å². The van der Waals surface area contributed by atoms with Crippen LogP contribution in [0.2, 0.25) is 0 Å². The number of hydrogen-bond donors (Lipinski definition) is 1. The molecule has 0 aliphatic heterocycles. The maximum absolute atomic E-state index is 12.6. The fourth-order valence-electron chi connectivity index (χ4n) is 3.31. The molecule has 0 fully saturated rings. The van der Waals surface area contributed by atoms with Crippen LogP contribution in [0.25, 0.3) is 0 Å². The summed E-state index contributed by atoms with van der Waals surface area (Å²) in [4.78, 5) is 33.3. The molecule has 0 spiro atoms. The van der Waals surface area contributed by atoms with Gasteiger partial charge < -0.3 is 0 Å². The number of amides is 1. The van der Waals surface area contributed by atoms with Crippen molar-refractivity contribution < 1.29 is 9.59 Å². The summed E-state index contributed by atoms with van der Waals surface area (Å²) in [6, 6.07) is 8.51. The number of benzene rings is 1. The number of carbonyl (C=O) groups is 2. The number of nitrogens with zero attached hydrogens (tertiary/aromatic N) is 2. The fourth-order valence-corrected chi connectivity index (χ4v) is 3.31. The molecule has 0 radical (unpaired) electrons. The number of ketones is 1. The van der Waals surface area contributed by atoms with Gasteiger partial charge in [-0.1, -0.05) is 52.0 Å². The van der Waals surface area contributed by atoms with Gasteiger partial charge in [0.15, 0.2) is 5.78 Å². The number of carbonyl (C=O) groups excluding carboxylic acids is 2. The Morgan fingerprint density at radius 3 is 2.52 bits per heavy atom. The SMILES string of the molecule is CC[C@H](C)C(=O)Nc1ncc2c(n1)C[C@H](c1ccc(C(C)C)cc1)CC2=O. The zero-order valence-corrected chi connectivity index (χ0v) is 16.5. The molecule has 1 aromatic heterocycles. The number of aromatic nitrogens is 2. The van der Waals surface area contributed by atoms with Gasteiger partial charge in [-0.3, -0.25) is 14.9 Å². The Hall–Kier alpha value is -2.56. The lowest BCUT2D eigenvalue weighted by Gasteiger charge is -2.23. The fraction of sp³-hybridized carbons (Fsp3) is 0.455. The highest BCUT2D eigenvalue weighted by Crippen LogP contribution is 2.32. The highest BCUT2D eigenvalue weighted by atomic mass is 16.2. The molecule has 1 aliphatic rings. The molecule has 0 unspecified atom stereocenters. The number of anilines is 1. The minimum atomic E-state index is -0.0986. The van der Waals surface area contributed by atoms with Crippen molar-refractivity contribution in [3.8, 4) is 0 Å². The summed E-state index contributed by atoms with van der Waals surface area (Å²) >= 11 is 0. The van der Waals surface area contributed by atoms with E-state index in [1.807, 2.05) is 13.8 Å². The van der Waals surface area contributed by atoms with Gasteiger partial charge in [-0.05, 0) is 35.8 Å². The molecule has 1 amide bonds. The first-order valence-electron chi connectivity index (χ1n) is 9.68. The van der Waals surface area contributed by atoms with Gasteiger partial charge in [-0.25, -0.2) is 9.97 Å². The molecular weight excluding hydrogens is 338 g/mol. The molecule has 1 aromatic carbocycles. The molecule has 0 saturated carbocycles. The maximum Gasteiger partial charge on any atom is 0.229 e. The van der Waals surface area contributed by atoms with Crippen LogP contribution < -0.4 is 5.32 Å². The van der Waals surface area contributed by atoms with Crippen LogP contribution in [0.3, 0.4) is 0 Å². The Balaban J connectivity index is 1.81. The van der Waals surface area contributed by atoms with Crippen molar-refractivity contribution in [1.82, 2.24) is 9.97 Å². The summed E-state index contributed by atoms with van der Waals surface area (Å²) in [5.41, 5.74) is 3.74. The van der Waals surface area contributed by atoms with Gasteiger partial charge in [-0.2, -0.15) is 0 Å². The average Bonchev–Trinajstić information content (AvgIpc) is 2.67. The van der Waals surface area contributed by atoms with Gasteiger partial charge in [0, 0.05) is 18.5 Å². The van der Waals surface area contributed by atoms with Crippen molar-refractivity contribution in [2.24, 2.45) is 5.92 Å². The van der Waals surface area contributed by atoms with Crippen LogP contribution in [0.4, 0.5) is 5.95 Å². The van der Waals surface area contributed by atoms with Crippen molar-refractivity contribution in [2.75, 3.05) is 5.32 Å². The summed E-state index contributed by atoms with van der Waals surface area (Å²) in [6.45, 7) is 8.17. The van der Waals surface area contributed by atoms with Crippen LogP contribution in [0.1, 0.15) is 79.6 Å². The third kappa shape index (κ3) is 4.24. The van der Waals surface area contributed by atoms with E-state index < -0.39 is 0 Å². The van der Waals surface area contributed by atoms with E-state index in [0.29, 0.717) is 24.3 Å². The largest absolute Gasteiger partial charge is 0.294 e.